The Morgan fingerprint density at radius 3 is 2.47 bits per heavy atom. The van der Waals surface area contributed by atoms with E-state index in [-0.39, 0.29) is 29.4 Å². The van der Waals surface area contributed by atoms with E-state index in [1.165, 1.54) is 6.08 Å². The monoisotopic (exact) mass is 234 g/mol. The predicted molar refractivity (Wildman–Crippen MR) is 70.0 cm³/mol. The Bertz CT molecular complexity index is 559. The van der Waals surface area contributed by atoms with Crippen LogP contribution >= 0.6 is 0 Å². The lowest BCUT2D eigenvalue weighted by Crippen LogP contribution is -2.41. The summed E-state index contributed by atoms with van der Waals surface area (Å²) in [5, 5.41) is 0. The topological polar surface area (TPSA) is 31.4 Å². The standard InChI is InChI=1S/C13H18BNO2/c1-6-10-7-8-15-11(9-10)14-16-12(2,3)13(4,5)17-14/h6-9H,1H2,2-5H3/i7D,8D,9D. The van der Waals surface area contributed by atoms with Gasteiger partial charge in [0.2, 0.25) is 0 Å². The molecule has 0 saturated carbocycles. The molecular weight excluding hydrogens is 213 g/mol. The van der Waals surface area contributed by atoms with Gasteiger partial charge in [0, 0.05) is 6.17 Å². The molecular formula is C13H18BNO2. The highest BCUT2D eigenvalue weighted by molar-refractivity contribution is 6.61. The first-order valence-corrected chi connectivity index (χ1v) is 5.56. The van der Waals surface area contributed by atoms with E-state index >= 15 is 0 Å². The van der Waals surface area contributed by atoms with Crippen LogP contribution in [0.2, 0.25) is 0 Å². The number of rotatable bonds is 2. The van der Waals surface area contributed by atoms with Crippen molar-refractivity contribution in [1.82, 2.24) is 4.98 Å². The van der Waals surface area contributed by atoms with Crippen LogP contribution in [0.5, 0.6) is 0 Å². The maximum Gasteiger partial charge on any atom is 0.514 e. The van der Waals surface area contributed by atoms with Crippen LogP contribution in [0.15, 0.2) is 24.8 Å². The average Bonchev–Trinajstić information content (AvgIpc) is 2.54. The second kappa shape index (κ2) is 3.96. The maximum atomic E-state index is 8.11. The first kappa shape index (κ1) is 8.89. The van der Waals surface area contributed by atoms with E-state index < -0.39 is 18.3 Å². The van der Waals surface area contributed by atoms with Crippen molar-refractivity contribution >= 4 is 18.8 Å². The van der Waals surface area contributed by atoms with Crippen LogP contribution in [0.4, 0.5) is 0 Å². The lowest BCUT2D eigenvalue weighted by atomic mass is 9.83. The third-order valence-electron chi connectivity index (χ3n) is 3.31. The number of aromatic nitrogens is 1. The molecule has 1 aromatic rings. The van der Waals surface area contributed by atoms with Crippen LogP contribution in [0.25, 0.3) is 6.08 Å². The molecule has 1 aromatic heterocycles. The molecule has 3 nitrogen and oxygen atoms in total. The highest BCUT2D eigenvalue weighted by Crippen LogP contribution is 2.36. The first-order valence-electron chi connectivity index (χ1n) is 7.06. The molecule has 0 aromatic carbocycles. The smallest absolute Gasteiger partial charge is 0.398 e. The molecule has 0 radical (unpaired) electrons. The highest BCUT2D eigenvalue weighted by Gasteiger charge is 2.52. The Labute approximate surface area is 107 Å². The van der Waals surface area contributed by atoms with Crippen LogP contribution in [0.3, 0.4) is 0 Å². The Morgan fingerprint density at radius 2 is 1.94 bits per heavy atom. The predicted octanol–water partition coefficient (Wildman–Crippen LogP) is 2.02. The zero-order valence-corrected chi connectivity index (χ0v) is 10.6. The zero-order valence-electron chi connectivity index (χ0n) is 13.6. The third-order valence-corrected chi connectivity index (χ3v) is 3.31. The minimum Gasteiger partial charge on any atom is -0.398 e. The summed E-state index contributed by atoms with van der Waals surface area (Å²) in [6.07, 6.45) is 1.18. The Kier molecular flexibility index (Phi) is 2.07. The molecule has 0 N–H and O–H groups in total. The maximum absolute atomic E-state index is 8.11. The molecule has 0 amide bonds. The fourth-order valence-electron chi connectivity index (χ4n) is 1.51. The lowest BCUT2D eigenvalue weighted by Gasteiger charge is -2.32. The Morgan fingerprint density at radius 1 is 1.35 bits per heavy atom. The average molecular weight is 234 g/mol. The van der Waals surface area contributed by atoms with E-state index in [1.54, 1.807) is 0 Å². The van der Waals surface area contributed by atoms with Gasteiger partial charge in [-0.3, -0.25) is 4.98 Å². The van der Waals surface area contributed by atoms with Gasteiger partial charge >= 0.3 is 7.12 Å². The molecule has 90 valence electrons. The molecule has 2 heterocycles. The summed E-state index contributed by atoms with van der Waals surface area (Å²) in [4.78, 5) is 3.99. The fourth-order valence-corrected chi connectivity index (χ4v) is 1.51. The van der Waals surface area contributed by atoms with Crippen LogP contribution in [0.1, 0.15) is 37.4 Å². The molecule has 1 aliphatic heterocycles. The van der Waals surface area contributed by atoms with Crippen molar-refractivity contribution in [2.75, 3.05) is 0 Å². The second-order valence-corrected chi connectivity index (χ2v) is 5.06. The molecule has 0 unspecified atom stereocenters. The van der Waals surface area contributed by atoms with Crippen molar-refractivity contribution in [3.8, 4) is 0 Å². The third kappa shape index (κ3) is 2.15. The van der Waals surface area contributed by atoms with Crippen molar-refractivity contribution in [2.24, 2.45) is 0 Å². The summed E-state index contributed by atoms with van der Waals surface area (Å²) < 4.78 is 35.3. The largest absolute Gasteiger partial charge is 0.514 e. The van der Waals surface area contributed by atoms with Crippen LogP contribution < -0.4 is 5.59 Å². The number of pyridine rings is 1. The van der Waals surface area contributed by atoms with Crippen molar-refractivity contribution in [3.63, 3.8) is 0 Å². The molecule has 1 saturated heterocycles. The summed E-state index contributed by atoms with van der Waals surface area (Å²) >= 11 is 0. The van der Waals surface area contributed by atoms with Crippen molar-refractivity contribution < 1.29 is 13.4 Å². The Balaban J connectivity index is 2.51. The summed E-state index contributed by atoms with van der Waals surface area (Å²) in [6, 6.07) is -0.0789. The van der Waals surface area contributed by atoms with Gasteiger partial charge in [-0.05, 0) is 45.3 Å². The lowest BCUT2D eigenvalue weighted by molar-refractivity contribution is 0.00578. The molecule has 1 aliphatic rings. The van der Waals surface area contributed by atoms with Gasteiger partial charge in [0.1, 0.15) is 0 Å². The van der Waals surface area contributed by atoms with E-state index in [9.17, 15) is 0 Å². The molecule has 2 rings (SSSR count). The quantitative estimate of drug-likeness (QED) is 0.733. The second-order valence-electron chi connectivity index (χ2n) is 5.06. The minimum absolute atomic E-state index is 0.0273. The molecule has 0 bridgehead atoms. The molecule has 17 heavy (non-hydrogen) atoms. The van der Waals surface area contributed by atoms with Gasteiger partial charge in [0.25, 0.3) is 0 Å². The molecule has 4 heteroatoms. The van der Waals surface area contributed by atoms with E-state index in [0.29, 0.717) is 0 Å². The van der Waals surface area contributed by atoms with Gasteiger partial charge in [0.05, 0.1) is 20.9 Å². The van der Waals surface area contributed by atoms with E-state index in [2.05, 4.69) is 11.6 Å². The summed E-state index contributed by atoms with van der Waals surface area (Å²) in [5.74, 6) is 0. The Hall–Kier alpha value is -1.13. The molecule has 1 fully saturated rings. The zero-order chi connectivity index (χ0) is 15.3. The van der Waals surface area contributed by atoms with E-state index in [1.807, 2.05) is 27.7 Å². The van der Waals surface area contributed by atoms with Gasteiger partial charge in [-0.15, -0.1) is 0 Å². The summed E-state index contributed by atoms with van der Waals surface area (Å²) in [5.41, 5.74) is -0.585. The van der Waals surface area contributed by atoms with Gasteiger partial charge in [-0.25, -0.2) is 0 Å². The van der Waals surface area contributed by atoms with Crippen LogP contribution in [0, 0.1) is 0 Å². The van der Waals surface area contributed by atoms with Gasteiger partial charge in [-0.1, -0.05) is 12.7 Å². The highest BCUT2D eigenvalue weighted by atomic mass is 16.7. The summed E-state index contributed by atoms with van der Waals surface area (Å²) in [7, 11) is -0.809. The van der Waals surface area contributed by atoms with Gasteiger partial charge < -0.3 is 9.31 Å². The van der Waals surface area contributed by atoms with Crippen molar-refractivity contribution in [2.45, 2.75) is 38.9 Å². The van der Waals surface area contributed by atoms with Crippen LogP contribution in [-0.2, 0) is 9.31 Å². The summed E-state index contributed by atoms with van der Waals surface area (Å²) in [6.45, 7) is 11.2. The number of hydrogen-bond acceptors (Lipinski definition) is 3. The fraction of sp³-hybridized carbons (Fsp3) is 0.462. The van der Waals surface area contributed by atoms with Crippen molar-refractivity contribution in [1.29, 1.82) is 0 Å². The number of hydrogen-bond donors (Lipinski definition) is 0. The normalized spacial score (nSPS) is 24.0. The first-order chi connectivity index (χ1) is 9.10. The molecule has 0 aliphatic carbocycles. The molecule has 0 spiro atoms. The minimum atomic E-state index is -0.809. The number of nitrogens with zero attached hydrogens (tertiary/aromatic N) is 1. The SMILES string of the molecule is [2H]c1nc(B2OC(C)(C)C(C)(C)O2)c([2H])c(C=C)c1[2H]. The molecule has 0 atom stereocenters. The van der Waals surface area contributed by atoms with Crippen LogP contribution in [-0.4, -0.2) is 23.3 Å². The van der Waals surface area contributed by atoms with Crippen molar-refractivity contribution in [3.05, 3.63) is 30.4 Å². The van der Waals surface area contributed by atoms with Gasteiger partial charge in [0.15, 0.2) is 0 Å². The van der Waals surface area contributed by atoms with Gasteiger partial charge in [-0.2, -0.15) is 0 Å². The van der Waals surface area contributed by atoms with E-state index in [0.717, 1.165) is 0 Å². The van der Waals surface area contributed by atoms with E-state index in [4.69, 9.17) is 13.4 Å².